The number of hydrogen-bond donors (Lipinski definition) is 1. The van der Waals surface area contributed by atoms with E-state index >= 15 is 0 Å². The second-order valence-electron chi connectivity index (χ2n) is 9.43. The molecule has 0 aromatic heterocycles. The molecule has 0 heterocycles. The molecule has 3 aromatic carbocycles. The number of benzene rings is 3. The molecular formula is C28H37N2O2P. The third kappa shape index (κ3) is 6.28. The average molecular weight is 465 g/mol. The van der Waals surface area contributed by atoms with Crippen molar-refractivity contribution in [3.63, 3.8) is 0 Å². The van der Waals surface area contributed by atoms with Gasteiger partial charge in [0.15, 0.2) is 0 Å². The molecule has 0 bridgehead atoms. The van der Waals surface area contributed by atoms with Crippen molar-refractivity contribution in [1.82, 2.24) is 0 Å². The van der Waals surface area contributed by atoms with E-state index in [0.29, 0.717) is 12.5 Å². The number of hydrogen-bond acceptors (Lipinski definition) is 4. The molecule has 0 radical (unpaired) electrons. The van der Waals surface area contributed by atoms with Crippen LogP contribution in [-0.4, -0.2) is 20.7 Å². The van der Waals surface area contributed by atoms with Gasteiger partial charge < -0.3 is 14.7 Å². The van der Waals surface area contributed by atoms with Crippen LogP contribution in [0.1, 0.15) is 50.5 Å². The summed E-state index contributed by atoms with van der Waals surface area (Å²) < 4.78 is 21.1. The van der Waals surface area contributed by atoms with Crippen LogP contribution >= 0.6 is 7.37 Å². The Labute approximate surface area is 199 Å². The molecule has 1 N–H and O–H groups in total. The van der Waals surface area contributed by atoms with E-state index in [4.69, 9.17) is 4.52 Å². The molecule has 2 atom stereocenters. The third-order valence-electron chi connectivity index (χ3n) is 5.66. The monoisotopic (exact) mass is 464 g/mol. The molecule has 5 heteroatoms. The Kier molecular flexibility index (Phi) is 8.40. The summed E-state index contributed by atoms with van der Waals surface area (Å²) in [4.78, 5) is 2.04. The van der Waals surface area contributed by atoms with Crippen molar-refractivity contribution < 1.29 is 9.09 Å². The summed E-state index contributed by atoms with van der Waals surface area (Å²) in [6, 6.07) is 26.2. The smallest absolute Gasteiger partial charge is 0.258 e. The lowest BCUT2D eigenvalue weighted by molar-refractivity contribution is 0.272. The zero-order valence-electron chi connectivity index (χ0n) is 20.7. The maximum absolute atomic E-state index is 14.8. The Hall–Kier alpha value is -2.55. The first-order valence-electron chi connectivity index (χ1n) is 11.6. The Bertz CT molecular complexity index is 1050. The summed E-state index contributed by atoms with van der Waals surface area (Å²) in [5, 5.41) is 4.26. The van der Waals surface area contributed by atoms with Gasteiger partial charge in [0.2, 0.25) is 0 Å². The van der Waals surface area contributed by atoms with Crippen molar-refractivity contribution in [2.45, 2.75) is 39.4 Å². The van der Waals surface area contributed by atoms with Crippen LogP contribution in [0.5, 0.6) is 0 Å². The van der Waals surface area contributed by atoms with Gasteiger partial charge in [-0.1, -0.05) is 70.2 Å². The van der Waals surface area contributed by atoms with Gasteiger partial charge in [-0.2, -0.15) is 0 Å². The molecule has 0 aliphatic rings. The van der Waals surface area contributed by atoms with Crippen LogP contribution in [0.15, 0.2) is 78.9 Å². The van der Waals surface area contributed by atoms with Gasteiger partial charge in [0.05, 0.1) is 6.61 Å². The molecule has 176 valence electrons. The first-order valence-corrected chi connectivity index (χ1v) is 13.3. The molecule has 3 aromatic rings. The molecule has 0 spiro atoms. The Morgan fingerprint density at radius 1 is 0.818 bits per heavy atom. The van der Waals surface area contributed by atoms with E-state index in [9.17, 15) is 4.57 Å². The van der Waals surface area contributed by atoms with E-state index in [1.807, 2.05) is 73.6 Å². The van der Waals surface area contributed by atoms with Crippen molar-refractivity contribution in [3.05, 3.63) is 90.0 Å². The molecule has 0 aliphatic carbocycles. The van der Waals surface area contributed by atoms with Gasteiger partial charge in [-0.15, -0.1) is 0 Å². The lowest BCUT2D eigenvalue weighted by atomic mass is 10.0. The highest BCUT2D eigenvalue weighted by molar-refractivity contribution is 7.67. The fourth-order valence-corrected chi connectivity index (χ4v) is 6.20. The number of para-hydroxylation sites is 1. The first kappa shape index (κ1) is 25.1. The molecule has 0 saturated carbocycles. The van der Waals surface area contributed by atoms with Crippen LogP contribution in [0.3, 0.4) is 0 Å². The standard InChI is InChI=1S/C28H37N2O2P/c1-21(2)20-32-33(31,27-18-16-26(17-19-27)30(5)6)28(29-25-10-8-7-9-11-25)24-14-12-23(13-15-24)22(3)4/h7-19,21-22,28-29H,20H2,1-6H3/t28-,33-/m0/s1. The minimum atomic E-state index is -3.34. The van der Waals surface area contributed by atoms with E-state index in [1.165, 1.54) is 5.56 Å². The summed E-state index contributed by atoms with van der Waals surface area (Å²) in [5.74, 6) is 0.187. The van der Waals surface area contributed by atoms with Crippen LogP contribution in [0.2, 0.25) is 0 Å². The third-order valence-corrected chi connectivity index (χ3v) is 8.32. The fraction of sp³-hybridized carbons (Fsp3) is 0.357. The minimum Gasteiger partial charge on any atom is -0.378 e. The van der Waals surface area contributed by atoms with Crippen molar-refractivity contribution >= 4 is 24.0 Å². The fourth-order valence-electron chi connectivity index (χ4n) is 3.64. The van der Waals surface area contributed by atoms with Crippen molar-refractivity contribution in [2.24, 2.45) is 5.92 Å². The van der Waals surface area contributed by atoms with Crippen molar-refractivity contribution in [3.8, 4) is 0 Å². The zero-order chi connectivity index (χ0) is 24.0. The molecule has 0 saturated heterocycles. The maximum Gasteiger partial charge on any atom is 0.258 e. The van der Waals surface area contributed by atoms with Crippen LogP contribution < -0.4 is 15.5 Å². The molecule has 3 rings (SSSR count). The molecule has 0 unspecified atom stereocenters. The molecule has 33 heavy (non-hydrogen) atoms. The lowest BCUT2D eigenvalue weighted by Crippen LogP contribution is -2.22. The van der Waals surface area contributed by atoms with Crippen LogP contribution in [0.25, 0.3) is 0 Å². The largest absolute Gasteiger partial charge is 0.378 e. The predicted molar refractivity (Wildman–Crippen MR) is 142 cm³/mol. The zero-order valence-corrected chi connectivity index (χ0v) is 21.6. The van der Waals surface area contributed by atoms with E-state index in [-0.39, 0.29) is 5.92 Å². The highest BCUT2D eigenvalue weighted by Crippen LogP contribution is 2.59. The van der Waals surface area contributed by atoms with Gasteiger partial charge in [0.25, 0.3) is 7.37 Å². The number of nitrogens with zero attached hydrogens (tertiary/aromatic N) is 1. The van der Waals surface area contributed by atoms with Gasteiger partial charge in [-0.25, -0.2) is 0 Å². The van der Waals surface area contributed by atoms with Gasteiger partial charge in [0, 0.05) is 30.8 Å². The number of nitrogens with one attached hydrogen (secondary N) is 1. The van der Waals surface area contributed by atoms with E-state index in [1.54, 1.807) is 0 Å². The normalized spacial score (nSPS) is 14.2. The van der Waals surface area contributed by atoms with Gasteiger partial charge in [-0.05, 0) is 59.4 Å². The number of rotatable bonds is 10. The Morgan fingerprint density at radius 3 is 1.91 bits per heavy atom. The molecule has 4 nitrogen and oxygen atoms in total. The Balaban J connectivity index is 2.11. The van der Waals surface area contributed by atoms with Gasteiger partial charge in [-0.3, -0.25) is 4.57 Å². The molecule has 0 aliphatic heterocycles. The van der Waals surface area contributed by atoms with E-state index < -0.39 is 13.2 Å². The SMILES string of the molecule is CC(C)CO[P@@](=O)(c1ccc(N(C)C)cc1)[C@H](Nc1ccccc1)c1ccc(C(C)C)cc1. The lowest BCUT2D eigenvalue weighted by Gasteiger charge is -2.31. The topological polar surface area (TPSA) is 41.6 Å². The quantitative estimate of drug-likeness (QED) is 0.321. The van der Waals surface area contributed by atoms with Crippen LogP contribution in [0.4, 0.5) is 11.4 Å². The van der Waals surface area contributed by atoms with Crippen molar-refractivity contribution in [2.75, 3.05) is 30.9 Å². The maximum atomic E-state index is 14.8. The summed E-state index contributed by atoms with van der Waals surface area (Å²) in [6.07, 6.45) is 0. The van der Waals surface area contributed by atoms with E-state index in [0.717, 1.165) is 22.2 Å². The minimum absolute atomic E-state index is 0.264. The summed E-state index contributed by atoms with van der Waals surface area (Å²) in [5.41, 5.74) is 4.18. The summed E-state index contributed by atoms with van der Waals surface area (Å²) >= 11 is 0. The second-order valence-corrected chi connectivity index (χ2v) is 11.9. The summed E-state index contributed by atoms with van der Waals surface area (Å²) in [7, 11) is 0.658. The first-order chi connectivity index (χ1) is 15.7. The van der Waals surface area contributed by atoms with Gasteiger partial charge >= 0.3 is 0 Å². The highest BCUT2D eigenvalue weighted by Gasteiger charge is 2.38. The highest BCUT2D eigenvalue weighted by atomic mass is 31.2. The average Bonchev–Trinajstić information content (AvgIpc) is 2.82. The molecule has 0 fully saturated rings. The van der Waals surface area contributed by atoms with E-state index in [2.05, 4.69) is 57.3 Å². The molecular weight excluding hydrogens is 427 g/mol. The van der Waals surface area contributed by atoms with Crippen LogP contribution in [-0.2, 0) is 9.09 Å². The van der Waals surface area contributed by atoms with Crippen LogP contribution in [0, 0.1) is 5.92 Å². The Morgan fingerprint density at radius 2 is 1.39 bits per heavy atom. The second kappa shape index (κ2) is 11.0. The summed E-state index contributed by atoms with van der Waals surface area (Å²) in [6.45, 7) is 8.94. The predicted octanol–water partition coefficient (Wildman–Crippen LogP) is 7.26. The number of anilines is 2. The molecule has 0 amide bonds. The van der Waals surface area contributed by atoms with Gasteiger partial charge in [0.1, 0.15) is 5.78 Å². The van der Waals surface area contributed by atoms with Crippen molar-refractivity contribution in [1.29, 1.82) is 0 Å².